The first-order valence-electron chi connectivity index (χ1n) is 7.41. The molecule has 1 fully saturated rings. The number of hydrogen-bond acceptors (Lipinski definition) is 4. The van der Waals surface area contributed by atoms with Gasteiger partial charge in [-0.2, -0.15) is 0 Å². The monoisotopic (exact) mass is 337 g/mol. The van der Waals surface area contributed by atoms with E-state index in [1.807, 2.05) is 29.6 Å². The molecule has 1 heterocycles. The fourth-order valence-electron chi connectivity index (χ4n) is 2.78. The Morgan fingerprint density at radius 2 is 1.86 bits per heavy atom. The van der Waals surface area contributed by atoms with Gasteiger partial charge in [0.25, 0.3) is 0 Å². The van der Waals surface area contributed by atoms with E-state index in [9.17, 15) is 8.42 Å². The van der Waals surface area contributed by atoms with Crippen LogP contribution in [0.3, 0.4) is 0 Å². The highest BCUT2D eigenvalue weighted by atomic mass is 32.2. The fraction of sp³-hybridized carbons (Fsp3) is 0.375. The predicted octanol–water partition coefficient (Wildman–Crippen LogP) is 3.77. The Morgan fingerprint density at radius 1 is 1.14 bits per heavy atom. The number of thiophene rings is 1. The predicted molar refractivity (Wildman–Crippen MR) is 88.6 cm³/mol. The lowest BCUT2D eigenvalue weighted by Crippen LogP contribution is -2.19. The van der Waals surface area contributed by atoms with Crippen molar-refractivity contribution in [3.63, 3.8) is 0 Å². The molecule has 22 heavy (non-hydrogen) atoms. The SMILES string of the molecule is NS(=O)(=O)c1cc(-c2ccccc2OC2CCCCC2)cs1. The lowest BCUT2D eigenvalue weighted by molar-refractivity contribution is 0.156. The molecule has 0 saturated heterocycles. The topological polar surface area (TPSA) is 69.4 Å². The van der Waals surface area contributed by atoms with Crippen molar-refractivity contribution in [3.05, 3.63) is 35.7 Å². The molecule has 2 aromatic rings. The fourth-order valence-corrected chi connectivity index (χ4v) is 4.38. The molecule has 0 unspecified atom stereocenters. The highest BCUT2D eigenvalue weighted by Crippen LogP contribution is 2.35. The van der Waals surface area contributed by atoms with Gasteiger partial charge in [-0.25, -0.2) is 13.6 Å². The molecule has 3 rings (SSSR count). The summed E-state index contributed by atoms with van der Waals surface area (Å²) in [6.07, 6.45) is 6.12. The van der Waals surface area contributed by atoms with Crippen LogP contribution in [-0.4, -0.2) is 14.5 Å². The first-order valence-corrected chi connectivity index (χ1v) is 9.84. The highest BCUT2D eigenvalue weighted by molar-refractivity contribution is 7.91. The van der Waals surface area contributed by atoms with Gasteiger partial charge >= 0.3 is 0 Å². The average molecular weight is 337 g/mol. The number of sulfonamides is 1. The van der Waals surface area contributed by atoms with Crippen molar-refractivity contribution in [3.8, 4) is 16.9 Å². The molecule has 1 aliphatic rings. The van der Waals surface area contributed by atoms with E-state index in [2.05, 4.69) is 0 Å². The zero-order chi connectivity index (χ0) is 15.6. The summed E-state index contributed by atoms with van der Waals surface area (Å²) in [5.74, 6) is 0.813. The van der Waals surface area contributed by atoms with Gasteiger partial charge in [-0.1, -0.05) is 24.6 Å². The number of benzene rings is 1. The summed E-state index contributed by atoms with van der Waals surface area (Å²) in [6, 6.07) is 9.38. The summed E-state index contributed by atoms with van der Waals surface area (Å²) in [6.45, 7) is 0. The third-order valence-electron chi connectivity index (χ3n) is 3.90. The van der Waals surface area contributed by atoms with Crippen LogP contribution in [0.25, 0.3) is 11.1 Å². The van der Waals surface area contributed by atoms with Gasteiger partial charge < -0.3 is 4.74 Å². The van der Waals surface area contributed by atoms with E-state index in [4.69, 9.17) is 9.88 Å². The maximum Gasteiger partial charge on any atom is 0.247 e. The molecule has 1 aromatic heterocycles. The van der Waals surface area contributed by atoms with Gasteiger partial charge in [0, 0.05) is 10.9 Å². The van der Waals surface area contributed by atoms with Gasteiger partial charge in [0.2, 0.25) is 10.0 Å². The number of para-hydroxylation sites is 1. The minimum absolute atomic E-state index is 0.176. The normalized spacial score (nSPS) is 16.6. The molecule has 0 atom stereocenters. The molecule has 118 valence electrons. The highest BCUT2D eigenvalue weighted by Gasteiger charge is 2.18. The molecule has 6 heteroatoms. The van der Waals surface area contributed by atoms with Gasteiger partial charge in [-0.3, -0.25) is 0 Å². The van der Waals surface area contributed by atoms with Crippen molar-refractivity contribution in [1.29, 1.82) is 0 Å². The first kappa shape index (κ1) is 15.5. The molecule has 0 spiro atoms. The second-order valence-corrected chi connectivity index (χ2v) is 8.27. The maximum absolute atomic E-state index is 11.4. The van der Waals surface area contributed by atoms with Crippen LogP contribution in [0.2, 0.25) is 0 Å². The zero-order valence-corrected chi connectivity index (χ0v) is 13.8. The van der Waals surface area contributed by atoms with Gasteiger partial charge in [0.15, 0.2) is 0 Å². The lowest BCUT2D eigenvalue weighted by atomic mass is 9.97. The summed E-state index contributed by atoms with van der Waals surface area (Å²) in [5.41, 5.74) is 1.75. The van der Waals surface area contributed by atoms with Gasteiger partial charge in [0.1, 0.15) is 9.96 Å². The second kappa shape index (κ2) is 6.40. The van der Waals surface area contributed by atoms with Gasteiger partial charge in [-0.15, -0.1) is 11.3 Å². The van der Waals surface area contributed by atoms with Crippen LogP contribution >= 0.6 is 11.3 Å². The summed E-state index contributed by atoms with van der Waals surface area (Å²) in [5, 5.41) is 7.00. The van der Waals surface area contributed by atoms with Crippen LogP contribution in [0.5, 0.6) is 5.75 Å². The standard InChI is InChI=1S/C16H19NO3S2/c17-22(18,19)16-10-12(11-21-16)14-8-4-5-9-15(14)20-13-6-2-1-3-7-13/h4-5,8-11,13H,1-3,6-7H2,(H2,17,18,19). The number of ether oxygens (including phenoxy) is 1. The van der Waals surface area contributed by atoms with Crippen molar-refractivity contribution in [2.24, 2.45) is 5.14 Å². The minimum atomic E-state index is -3.65. The number of nitrogens with two attached hydrogens (primary N) is 1. The van der Waals surface area contributed by atoms with E-state index in [1.54, 1.807) is 6.07 Å². The van der Waals surface area contributed by atoms with E-state index in [-0.39, 0.29) is 10.3 Å². The van der Waals surface area contributed by atoms with Crippen LogP contribution in [0.4, 0.5) is 0 Å². The van der Waals surface area contributed by atoms with E-state index >= 15 is 0 Å². The zero-order valence-electron chi connectivity index (χ0n) is 12.2. The molecule has 1 aromatic carbocycles. The van der Waals surface area contributed by atoms with Crippen LogP contribution in [0, 0.1) is 0 Å². The summed E-state index contributed by atoms with van der Waals surface area (Å²) >= 11 is 1.14. The average Bonchev–Trinajstić information content (AvgIpc) is 2.99. The van der Waals surface area contributed by atoms with Gasteiger partial charge in [-0.05, 0) is 43.4 Å². The van der Waals surface area contributed by atoms with Crippen LogP contribution in [-0.2, 0) is 10.0 Å². The molecule has 1 aliphatic carbocycles. The van der Waals surface area contributed by atoms with Crippen LogP contribution in [0.1, 0.15) is 32.1 Å². The third kappa shape index (κ3) is 3.51. The molecule has 0 aliphatic heterocycles. The Balaban J connectivity index is 1.89. The Hall–Kier alpha value is -1.37. The Labute approximate surface area is 135 Å². The maximum atomic E-state index is 11.4. The molecule has 2 N–H and O–H groups in total. The van der Waals surface area contributed by atoms with Crippen molar-refractivity contribution in [1.82, 2.24) is 0 Å². The summed E-state index contributed by atoms with van der Waals surface area (Å²) < 4.78 is 29.2. The number of rotatable bonds is 4. The lowest BCUT2D eigenvalue weighted by Gasteiger charge is -2.24. The first-order chi connectivity index (χ1) is 10.5. The molecular weight excluding hydrogens is 318 g/mol. The van der Waals surface area contributed by atoms with Crippen LogP contribution in [0.15, 0.2) is 39.9 Å². The number of hydrogen-bond donors (Lipinski definition) is 1. The molecule has 1 saturated carbocycles. The summed E-state index contributed by atoms with van der Waals surface area (Å²) in [4.78, 5) is 0. The number of primary sulfonamides is 1. The minimum Gasteiger partial charge on any atom is -0.490 e. The quantitative estimate of drug-likeness (QED) is 0.923. The molecule has 0 bridgehead atoms. The Bertz CT molecular complexity index is 746. The van der Waals surface area contributed by atoms with E-state index in [0.717, 1.165) is 41.1 Å². The largest absolute Gasteiger partial charge is 0.490 e. The van der Waals surface area contributed by atoms with Crippen molar-refractivity contribution in [2.45, 2.75) is 42.4 Å². The third-order valence-corrected chi connectivity index (χ3v) is 6.29. The molecule has 4 nitrogen and oxygen atoms in total. The second-order valence-electron chi connectivity index (χ2n) is 5.57. The smallest absolute Gasteiger partial charge is 0.247 e. The van der Waals surface area contributed by atoms with Gasteiger partial charge in [0.05, 0.1) is 6.10 Å². The Morgan fingerprint density at radius 3 is 2.55 bits per heavy atom. The van der Waals surface area contributed by atoms with Crippen molar-refractivity contribution in [2.75, 3.05) is 0 Å². The van der Waals surface area contributed by atoms with Crippen LogP contribution < -0.4 is 9.88 Å². The van der Waals surface area contributed by atoms with E-state index in [1.165, 1.54) is 19.3 Å². The van der Waals surface area contributed by atoms with E-state index in [0.29, 0.717) is 0 Å². The molecule has 0 radical (unpaired) electrons. The molecular formula is C16H19NO3S2. The summed E-state index contributed by atoms with van der Waals surface area (Å²) in [7, 11) is -3.65. The van der Waals surface area contributed by atoms with E-state index < -0.39 is 10.0 Å². The van der Waals surface area contributed by atoms with Crippen molar-refractivity contribution < 1.29 is 13.2 Å². The Kier molecular flexibility index (Phi) is 4.52. The molecule has 0 amide bonds. The van der Waals surface area contributed by atoms with Crippen molar-refractivity contribution >= 4 is 21.4 Å².